The fourth-order valence-electron chi connectivity index (χ4n) is 8.08. The predicted molar refractivity (Wildman–Crippen MR) is 84.4 cm³/mol. The molecule has 2 bridgehead atoms. The lowest BCUT2D eigenvalue weighted by Gasteiger charge is -2.91. The van der Waals surface area contributed by atoms with Crippen LogP contribution < -0.4 is 0 Å². The van der Waals surface area contributed by atoms with Crippen molar-refractivity contribution in [3.63, 3.8) is 0 Å². The van der Waals surface area contributed by atoms with Gasteiger partial charge in [-0.05, 0) is 35.2 Å². The van der Waals surface area contributed by atoms with E-state index in [0.29, 0.717) is 48.7 Å². The number of oxime groups is 1. The van der Waals surface area contributed by atoms with Gasteiger partial charge in [-0.25, -0.2) is 0 Å². The summed E-state index contributed by atoms with van der Waals surface area (Å²) in [6.07, 6.45) is 0. The number of halogens is 1. The molecule has 1 heterocycles. The smallest absolute Gasteiger partial charge is 0.187 e. The first-order valence-electron chi connectivity index (χ1n) is 8.49. The highest BCUT2D eigenvalue weighted by molar-refractivity contribution is 9.10. The molecule has 8 rings (SSSR count). The molecule has 7 aliphatic rings. The molecular weight excluding hydrogens is 358 g/mol. The van der Waals surface area contributed by atoms with Crippen molar-refractivity contribution in [3.8, 4) is 0 Å². The summed E-state index contributed by atoms with van der Waals surface area (Å²) in [4.78, 5) is 0. The van der Waals surface area contributed by atoms with E-state index in [1.807, 2.05) is 18.2 Å². The van der Waals surface area contributed by atoms with E-state index in [0.717, 1.165) is 11.3 Å². The van der Waals surface area contributed by atoms with Gasteiger partial charge in [0, 0.05) is 11.3 Å². The van der Waals surface area contributed by atoms with Crippen LogP contribution in [-0.4, -0.2) is 34.2 Å². The summed E-state index contributed by atoms with van der Waals surface area (Å²) < 4.78 is 12.4. The number of alkyl halides is 1. The summed E-state index contributed by atoms with van der Waals surface area (Å²) in [7, 11) is 0. The molecule has 1 aromatic carbocycles. The maximum Gasteiger partial charge on any atom is 0.187 e. The second kappa shape index (κ2) is 3.26. The molecule has 1 N–H and O–H groups in total. The molecule has 118 valence electrons. The molecule has 4 unspecified atom stereocenters. The Labute approximate surface area is 142 Å². The van der Waals surface area contributed by atoms with E-state index in [4.69, 9.17) is 9.47 Å². The third-order valence-corrected chi connectivity index (χ3v) is 9.80. The molecular formula is C18H16BrNO3. The average molecular weight is 374 g/mol. The Morgan fingerprint density at radius 2 is 1.61 bits per heavy atom. The number of nitrogens with zero attached hydrogens (tertiary/aromatic N) is 1. The van der Waals surface area contributed by atoms with Gasteiger partial charge in [0.2, 0.25) is 0 Å². The molecule has 6 aliphatic carbocycles. The van der Waals surface area contributed by atoms with Crippen molar-refractivity contribution in [2.45, 2.75) is 10.1 Å². The number of benzene rings is 1. The molecule has 0 amide bonds. The van der Waals surface area contributed by atoms with Crippen molar-refractivity contribution in [1.82, 2.24) is 0 Å². The fraction of sp³-hybridized carbons (Fsp3) is 0.611. The summed E-state index contributed by atoms with van der Waals surface area (Å²) in [5.74, 6) is 3.07. The highest BCUT2D eigenvalue weighted by Crippen LogP contribution is 3.05. The molecule has 1 spiro atoms. The summed E-state index contributed by atoms with van der Waals surface area (Å²) in [6, 6.07) is 10.2. The van der Waals surface area contributed by atoms with Crippen LogP contribution in [-0.2, 0) is 9.47 Å². The van der Waals surface area contributed by atoms with E-state index in [2.05, 4.69) is 33.2 Å². The van der Waals surface area contributed by atoms with Crippen LogP contribution >= 0.6 is 15.9 Å². The second-order valence-corrected chi connectivity index (χ2v) is 9.35. The Kier molecular flexibility index (Phi) is 1.77. The highest BCUT2D eigenvalue weighted by atomic mass is 79.9. The van der Waals surface area contributed by atoms with Crippen LogP contribution in [0.4, 0.5) is 0 Å². The van der Waals surface area contributed by atoms with E-state index in [9.17, 15) is 5.21 Å². The van der Waals surface area contributed by atoms with Crippen molar-refractivity contribution in [2.24, 2.45) is 46.1 Å². The van der Waals surface area contributed by atoms with Gasteiger partial charge >= 0.3 is 0 Å². The van der Waals surface area contributed by atoms with Gasteiger partial charge in [-0.1, -0.05) is 51.4 Å². The number of ether oxygens (including phenoxy) is 2. The van der Waals surface area contributed by atoms with Crippen LogP contribution in [0.1, 0.15) is 5.56 Å². The first-order valence-corrected chi connectivity index (χ1v) is 9.28. The van der Waals surface area contributed by atoms with Crippen LogP contribution in [0.5, 0.6) is 0 Å². The van der Waals surface area contributed by atoms with Crippen molar-refractivity contribution in [1.29, 1.82) is 0 Å². The number of hydrogen-bond donors (Lipinski definition) is 1. The molecule has 1 saturated heterocycles. The summed E-state index contributed by atoms with van der Waals surface area (Å²) in [6.45, 7) is 1.42. The number of rotatable bonds is 2. The van der Waals surface area contributed by atoms with E-state index >= 15 is 0 Å². The average Bonchev–Trinajstić information content (AvgIpc) is 3.11. The van der Waals surface area contributed by atoms with Crippen LogP contribution in [0.25, 0.3) is 0 Å². The molecule has 0 radical (unpaired) electrons. The zero-order chi connectivity index (χ0) is 15.2. The molecule has 1 aromatic rings. The van der Waals surface area contributed by atoms with Gasteiger partial charge < -0.3 is 14.7 Å². The standard InChI is InChI=1S/C18H16BrNO3/c19-17-12-9-13(17)11-14(18(17)22-6-7-23-18)10(12)16(9,11)15(20-21)8-4-2-1-3-5-8/h1-5,9-14,21H,6-7H2/b20-15+. The number of hydrogen-bond acceptors (Lipinski definition) is 4. The minimum absolute atomic E-state index is 0.0279. The second-order valence-electron chi connectivity index (χ2n) is 8.03. The SMILES string of the molecule is O/N=C(\c1ccccc1)C12C3C4C1C1C2C3C1(Br)C41OCCO1. The third-order valence-electron chi connectivity index (χ3n) is 8.19. The normalized spacial score (nSPS) is 58.2. The van der Waals surface area contributed by atoms with Gasteiger partial charge in [-0.2, -0.15) is 0 Å². The Balaban J connectivity index is 1.37. The van der Waals surface area contributed by atoms with Crippen molar-refractivity contribution < 1.29 is 14.7 Å². The topological polar surface area (TPSA) is 51.1 Å². The molecule has 23 heavy (non-hydrogen) atoms. The van der Waals surface area contributed by atoms with Gasteiger partial charge in [-0.3, -0.25) is 0 Å². The van der Waals surface area contributed by atoms with Crippen molar-refractivity contribution in [2.75, 3.05) is 13.2 Å². The fourth-order valence-corrected chi connectivity index (χ4v) is 9.71. The Hall–Kier alpha value is -0.910. The zero-order valence-corrected chi connectivity index (χ0v) is 13.9. The third kappa shape index (κ3) is 0.815. The molecule has 1 aliphatic heterocycles. The van der Waals surface area contributed by atoms with Gasteiger partial charge in [0.25, 0.3) is 0 Å². The largest absolute Gasteiger partial charge is 0.411 e. The molecule has 7 fully saturated rings. The molecule has 0 aromatic heterocycles. The van der Waals surface area contributed by atoms with Gasteiger partial charge in [0.15, 0.2) is 5.79 Å². The molecule has 6 saturated carbocycles. The highest BCUT2D eigenvalue weighted by Gasteiger charge is 3.09. The lowest BCUT2D eigenvalue weighted by atomic mass is 9.12. The first-order chi connectivity index (χ1) is 11.2. The molecule has 5 heteroatoms. The summed E-state index contributed by atoms with van der Waals surface area (Å²) >= 11 is 4.07. The minimum atomic E-state index is -0.397. The van der Waals surface area contributed by atoms with Crippen LogP contribution in [0.15, 0.2) is 35.5 Å². The van der Waals surface area contributed by atoms with Crippen molar-refractivity contribution in [3.05, 3.63) is 35.9 Å². The van der Waals surface area contributed by atoms with E-state index < -0.39 is 5.79 Å². The van der Waals surface area contributed by atoms with E-state index in [1.165, 1.54) is 0 Å². The van der Waals surface area contributed by atoms with E-state index in [-0.39, 0.29) is 9.74 Å². The monoisotopic (exact) mass is 373 g/mol. The molecule has 4 atom stereocenters. The van der Waals surface area contributed by atoms with Crippen LogP contribution in [0, 0.1) is 40.9 Å². The molecule has 4 nitrogen and oxygen atoms in total. The van der Waals surface area contributed by atoms with E-state index in [1.54, 1.807) is 0 Å². The summed E-state index contributed by atoms with van der Waals surface area (Å²) in [5.41, 5.74) is 2.06. The maximum absolute atomic E-state index is 9.81. The summed E-state index contributed by atoms with van der Waals surface area (Å²) in [5, 5.41) is 13.6. The minimum Gasteiger partial charge on any atom is -0.411 e. The van der Waals surface area contributed by atoms with Crippen LogP contribution in [0.2, 0.25) is 0 Å². The van der Waals surface area contributed by atoms with Gasteiger partial charge in [0.05, 0.1) is 23.2 Å². The predicted octanol–water partition coefficient (Wildman–Crippen LogP) is 2.49. The lowest BCUT2D eigenvalue weighted by Crippen LogP contribution is -2.94. The Bertz CT molecular complexity index is 767. The van der Waals surface area contributed by atoms with Gasteiger partial charge in [-0.15, -0.1) is 0 Å². The van der Waals surface area contributed by atoms with Crippen molar-refractivity contribution >= 4 is 21.6 Å². The van der Waals surface area contributed by atoms with Gasteiger partial charge in [0.1, 0.15) is 0 Å². The quantitative estimate of drug-likeness (QED) is 0.375. The van der Waals surface area contributed by atoms with Crippen LogP contribution in [0.3, 0.4) is 0 Å². The lowest BCUT2D eigenvalue weighted by molar-refractivity contribution is -0.404. The Morgan fingerprint density at radius 3 is 2.22 bits per heavy atom. The Morgan fingerprint density at radius 1 is 1.00 bits per heavy atom. The zero-order valence-electron chi connectivity index (χ0n) is 12.4. The first kappa shape index (κ1) is 12.5. The maximum atomic E-state index is 9.81.